The first-order chi connectivity index (χ1) is 7.79. The molecule has 0 saturated carbocycles. The summed E-state index contributed by atoms with van der Waals surface area (Å²) in [7, 11) is 0. The molecule has 0 atom stereocenters. The molecule has 1 aromatic carbocycles. The van der Waals surface area contributed by atoms with Gasteiger partial charge in [-0.25, -0.2) is 4.98 Å². The molecule has 4 heteroatoms. The lowest BCUT2D eigenvalue weighted by Crippen LogP contribution is -2.00. The van der Waals surface area contributed by atoms with E-state index in [1.807, 2.05) is 0 Å². The fraction of sp³-hybridized carbons (Fsp3) is 0.417. The highest BCUT2D eigenvalue weighted by molar-refractivity contribution is 9.10. The molecule has 0 aliphatic carbocycles. The van der Waals surface area contributed by atoms with Gasteiger partial charge in [0.25, 0.3) is 0 Å². The van der Waals surface area contributed by atoms with Gasteiger partial charge in [-0.15, -0.1) is 0 Å². The molecule has 0 saturated heterocycles. The number of thiazole rings is 1. The number of rotatable bonds is 5. The Labute approximate surface area is 108 Å². The second-order valence-electron chi connectivity index (χ2n) is 3.76. The highest BCUT2D eigenvalue weighted by Crippen LogP contribution is 2.28. The molecule has 2 aromatic rings. The first-order valence-corrected chi connectivity index (χ1v) is 7.20. The molecule has 0 fully saturated rings. The van der Waals surface area contributed by atoms with Gasteiger partial charge in [0.15, 0.2) is 5.13 Å². The Morgan fingerprint density at radius 2 is 2.25 bits per heavy atom. The number of aromatic nitrogens is 1. The van der Waals surface area contributed by atoms with Gasteiger partial charge in [-0.05, 0) is 24.6 Å². The standard InChI is InChI=1S/C12H15BrN2S/c1-2-3-4-7-14-12-15-10-8-9(13)5-6-11(10)16-12/h5-6,8H,2-4,7H2,1H3,(H,14,15). The van der Waals surface area contributed by atoms with Crippen LogP contribution >= 0.6 is 27.3 Å². The van der Waals surface area contributed by atoms with E-state index in [-0.39, 0.29) is 0 Å². The zero-order chi connectivity index (χ0) is 11.4. The van der Waals surface area contributed by atoms with Crippen molar-refractivity contribution in [1.82, 2.24) is 4.98 Å². The minimum atomic E-state index is 1.02. The summed E-state index contributed by atoms with van der Waals surface area (Å²) in [5.41, 5.74) is 1.07. The van der Waals surface area contributed by atoms with Crippen LogP contribution in [0.2, 0.25) is 0 Å². The smallest absolute Gasteiger partial charge is 0.183 e. The van der Waals surface area contributed by atoms with Gasteiger partial charge in [0.05, 0.1) is 10.2 Å². The first-order valence-electron chi connectivity index (χ1n) is 5.59. The van der Waals surface area contributed by atoms with Crippen molar-refractivity contribution in [2.75, 3.05) is 11.9 Å². The largest absolute Gasteiger partial charge is 0.361 e. The molecule has 0 bridgehead atoms. The SMILES string of the molecule is CCCCCNc1nc2cc(Br)ccc2s1. The number of halogens is 1. The molecule has 0 amide bonds. The zero-order valence-electron chi connectivity index (χ0n) is 9.29. The van der Waals surface area contributed by atoms with Crippen molar-refractivity contribution in [3.05, 3.63) is 22.7 Å². The second-order valence-corrected chi connectivity index (χ2v) is 5.71. The maximum absolute atomic E-state index is 4.55. The third-order valence-electron chi connectivity index (χ3n) is 2.41. The third kappa shape index (κ3) is 2.95. The van der Waals surface area contributed by atoms with E-state index in [0.29, 0.717) is 0 Å². The molecule has 0 aliphatic heterocycles. The topological polar surface area (TPSA) is 24.9 Å². The maximum atomic E-state index is 4.55. The van der Waals surface area contributed by atoms with E-state index in [1.54, 1.807) is 11.3 Å². The Morgan fingerprint density at radius 1 is 1.38 bits per heavy atom. The van der Waals surface area contributed by atoms with Gasteiger partial charge in [0.2, 0.25) is 0 Å². The summed E-state index contributed by atoms with van der Waals surface area (Å²) in [6.07, 6.45) is 3.76. The van der Waals surface area contributed by atoms with Crippen LogP contribution in [0.15, 0.2) is 22.7 Å². The van der Waals surface area contributed by atoms with Crippen molar-refractivity contribution in [3.63, 3.8) is 0 Å². The van der Waals surface area contributed by atoms with E-state index < -0.39 is 0 Å². The number of benzene rings is 1. The number of unbranched alkanes of at least 4 members (excludes halogenated alkanes) is 2. The van der Waals surface area contributed by atoms with E-state index in [1.165, 1.54) is 24.0 Å². The number of nitrogens with one attached hydrogen (secondary N) is 1. The molecular formula is C12H15BrN2S. The van der Waals surface area contributed by atoms with Crippen LogP contribution in [0, 0.1) is 0 Å². The monoisotopic (exact) mass is 298 g/mol. The summed E-state index contributed by atoms with van der Waals surface area (Å²) in [5, 5.41) is 4.41. The summed E-state index contributed by atoms with van der Waals surface area (Å²) >= 11 is 5.18. The molecule has 1 aromatic heterocycles. The van der Waals surface area contributed by atoms with E-state index in [4.69, 9.17) is 0 Å². The van der Waals surface area contributed by atoms with Crippen LogP contribution in [0.1, 0.15) is 26.2 Å². The summed E-state index contributed by atoms with van der Waals surface area (Å²) in [4.78, 5) is 4.55. The van der Waals surface area contributed by atoms with Gasteiger partial charge in [-0.2, -0.15) is 0 Å². The number of anilines is 1. The van der Waals surface area contributed by atoms with Crippen LogP contribution in [-0.4, -0.2) is 11.5 Å². The Bertz CT molecular complexity index is 467. The van der Waals surface area contributed by atoms with E-state index in [0.717, 1.165) is 21.7 Å². The molecule has 1 N–H and O–H groups in total. The molecule has 2 rings (SSSR count). The van der Waals surface area contributed by atoms with Gasteiger partial charge < -0.3 is 5.32 Å². The Balaban J connectivity index is 2.02. The Morgan fingerprint density at radius 3 is 3.06 bits per heavy atom. The van der Waals surface area contributed by atoms with Crippen LogP contribution < -0.4 is 5.32 Å². The van der Waals surface area contributed by atoms with Crippen LogP contribution in [-0.2, 0) is 0 Å². The van der Waals surface area contributed by atoms with Gasteiger partial charge >= 0.3 is 0 Å². The van der Waals surface area contributed by atoms with Crippen LogP contribution in [0.3, 0.4) is 0 Å². The molecular weight excluding hydrogens is 284 g/mol. The summed E-state index contributed by atoms with van der Waals surface area (Å²) in [6, 6.07) is 6.22. The average molecular weight is 299 g/mol. The maximum Gasteiger partial charge on any atom is 0.183 e. The summed E-state index contributed by atoms with van der Waals surface area (Å²) < 4.78 is 2.32. The van der Waals surface area contributed by atoms with Crippen molar-refractivity contribution < 1.29 is 0 Å². The molecule has 86 valence electrons. The van der Waals surface area contributed by atoms with Crippen LogP contribution in [0.4, 0.5) is 5.13 Å². The van der Waals surface area contributed by atoms with Crippen LogP contribution in [0.5, 0.6) is 0 Å². The predicted octanol–water partition coefficient (Wildman–Crippen LogP) is 4.66. The lowest BCUT2D eigenvalue weighted by atomic mass is 10.2. The highest BCUT2D eigenvalue weighted by Gasteiger charge is 2.02. The van der Waals surface area contributed by atoms with Crippen molar-refractivity contribution in [1.29, 1.82) is 0 Å². The molecule has 2 nitrogen and oxygen atoms in total. The Hall–Kier alpha value is -0.610. The highest BCUT2D eigenvalue weighted by atomic mass is 79.9. The fourth-order valence-corrected chi connectivity index (χ4v) is 2.77. The molecule has 16 heavy (non-hydrogen) atoms. The Kier molecular flexibility index (Phi) is 4.18. The van der Waals surface area contributed by atoms with Crippen LogP contribution in [0.25, 0.3) is 10.2 Å². The summed E-state index contributed by atoms with van der Waals surface area (Å²) in [6.45, 7) is 3.24. The minimum absolute atomic E-state index is 1.02. The normalized spacial score (nSPS) is 10.9. The fourth-order valence-electron chi connectivity index (χ4n) is 1.55. The molecule has 0 unspecified atom stereocenters. The molecule has 1 heterocycles. The van der Waals surface area contributed by atoms with Gasteiger partial charge in [0.1, 0.15) is 0 Å². The molecule has 0 spiro atoms. The number of nitrogens with zero attached hydrogens (tertiary/aromatic N) is 1. The first kappa shape index (κ1) is 11.9. The van der Waals surface area contributed by atoms with Crippen molar-refractivity contribution >= 4 is 42.6 Å². The molecule has 0 aliphatic rings. The van der Waals surface area contributed by atoms with E-state index in [2.05, 4.69) is 51.4 Å². The van der Waals surface area contributed by atoms with Crippen molar-refractivity contribution in [2.45, 2.75) is 26.2 Å². The van der Waals surface area contributed by atoms with Crippen molar-refractivity contribution in [2.24, 2.45) is 0 Å². The molecule has 0 radical (unpaired) electrons. The van der Waals surface area contributed by atoms with Crippen molar-refractivity contribution in [3.8, 4) is 0 Å². The van der Waals surface area contributed by atoms with E-state index >= 15 is 0 Å². The average Bonchev–Trinajstić information content (AvgIpc) is 2.66. The zero-order valence-corrected chi connectivity index (χ0v) is 11.7. The quantitative estimate of drug-likeness (QED) is 0.812. The second kappa shape index (κ2) is 5.64. The lowest BCUT2D eigenvalue weighted by Gasteiger charge is -1.99. The third-order valence-corrected chi connectivity index (χ3v) is 3.89. The van der Waals surface area contributed by atoms with Gasteiger partial charge in [-0.3, -0.25) is 0 Å². The predicted molar refractivity (Wildman–Crippen MR) is 75.3 cm³/mol. The van der Waals surface area contributed by atoms with E-state index in [9.17, 15) is 0 Å². The summed E-state index contributed by atoms with van der Waals surface area (Å²) in [5.74, 6) is 0. The van der Waals surface area contributed by atoms with Gasteiger partial charge in [-0.1, -0.05) is 47.0 Å². The number of hydrogen-bond acceptors (Lipinski definition) is 3. The van der Waals surface area contributed by atoms with Gasteiger partial charge in [0, 0.05) is 11.0 Å². The lowest BCUT2D eigenvalue weighted by molar-refractivity contribution is 0.743. The minimum Gasteiger partial charge on any atom is -0.361 e. The number of hydrogen-bond donors (Lipinski definition) is 1. The number of fused-ring (bicyclic) bond motifs is 1.